The van der Waals surface area contributed by atoms with Gasteiger partial charge in [0.2, 0.25) is 0 Å². The van der Waals surface area contributed by atoms with Crippen molar-refractivity contribution in [2.75, 3.05) is 9.80 Å². The number of rotatable bonds is 10. The first kappa shape index (κ1) is 52.2. The number of aromatic nitrogens is 3. The number of ether oxygens (including phenoxy) is 1. The van der Waals surface area contributed by atoms with Crippen molar-refractivity contribution in [3.63, 3.8) is 0 Å². The average Bonchev–Trinajstić information content (AvgIpc) is 1.69. The van der Waals surface area contributed by atoms with E-state index in [0.29, 0.717) is 11.5 Å². The Morgan fingerprint density at radius 2 is 0.744 bits per heavy atom. The number of anilines is 6. The molecule has 1 aliphatic heterocycles. The van der Waals surface area contributed by atoms with Crippen LogP contribution >= 0.6 is 0 Å². The van der Waals surface area contributed by atoms with Gasteiger partial charge in [0, 0.05) is 23.0 Å². The number of para-hydroxylation sites is 7. The van der Waals surface area contributed by atoms with Gasteiger partial charge in [0.25, 0.3) is 0 Å². The molecule has 0 saturated heterocycles. The summed E-state index contributed by atoms with van der Waals surface area (Å²) in [4.78, 5) is 10.2. The van der Waals surface area contributed by atoms with Gasteiger partial charge in [-0.15, -0.1) is 0 Å². The third-order valence-corrected chi connectivity index (χ3v) is 17.3. The van der Waals surface area contributed by atoms with Crippen molar-refractivity contribution in [1.29, 1.82) is 0 Å². The van der Waals surface area contributed by atoms with Crippen molar-refractivity contribution in [2.24, 2.45) is 0 Å². The van der Waals surface area contributed by atoms with Crippen LogP contribution in [0.4, 0.5) is 34.3 Å². The van der Waals surface area contributed by atoms with E-state index in [1.807, 2.05) is 12.3 Å². The van der Waals surface area contributed by atoms with Gasteiger partial charge in [0.1, 0.15) is 0 Å². The molecule has 0 atom stereocenters. The Hall–Kier alpha value is -10.7. The molecule has 86 heavy (non-hydrogen) atoms. The van der Waals surface area contributed by atoms with Crippen molar-refractivity contribution >= 4 is 45.3 Å². The zero-order chi connectivity index (χ0) is 57.5. The molecule has 0 unspecified atom stereocenters. The van der Waals surface area contributed by atoms with Gasteiger partial charge in [-0.3, -0.25) is 0 Å². The van der Waals surface area contributed by atoms with Crippen molar-refractivity contribution in [2.45, 2.75) is 6.92 Å². The number of fused-ring (bicyclic) bond motifs is 7. The van der Waals surface area contributed by atoms with Gasteiger partial charge in [-0.2, -0.15) is 0 Å². The second-order valence-corrected chi connectivity index (χ2v) is 22.5. The molecule has 0 spiro atoms. The van der Waals surface area contributed by atoms with Crippen LogP contribution in [0.1, 0.15) is 5.56 Å². The number of hydrogen-bond donors (Lipinski definition) is 0. The van der Waals surface area contributed by atoms with Crippen molar-refractivity contribution in [3.05, 3.63) is 325 Å². The van der Waals surface area contributed by atoms with Crippen LogP contribution in [0.2, 0.25) is 0 Å². The summed E-state index contributed by atoms with van der Waals surface area (Å²) in [5.41, 5.74) is 23.7. The molecule has 0 bridgehead atoms. The minimum Gasteiger partial charge on any atom is -0.0622 e. The van der Waals surface area contributed by atoms with E-state index < -0.39 is 0 Å². The van der Waals surface area contributed by atoms with Crippen LogP contribution in [-0.2, 0) is 19.4 Å². The molecule has 2 aromatic heterocycles. The van der Waals surface area contributed by atoms with Crippen LogP contribution in [0.25, 0.3) is 89.2 Å². The van der Waals surface area contributed by atoms with Crippen LogP contribution in [-0.4, -0.2) is 14.1 Å². The number of aryl methyl sites for hydroxylation is 1. The maximum atomic E-state index is 7.20. The first-order chi connectivity index (χ1) is 42.5. The smallest absolute Gasteiger partial charge is 0.0622 e. The molecular formula is C79H55N5OPt. The van der Waals surface area contributed by atoms with Crippen molar-refractivity contribution < 1.29 is 24.1 Å². The summed E-state index contributed by atoms with van der Waals surface area (Å²) in [5.74, 6) is 2.16. The van der Waals surface area contributed by atoms with Gasteiger partial charge >= 0.3 is 306 Å². The van der Waals surface area contributed by atoms with Crippen LogP contribution in [0, 0.1) is 10.7 Å². The Morgan fingerprint density at radius 3 is 1.34 bits per heavy atom. The monoisotopic (exact) mass is 1280 g/mol. The first-order valence-electron chi connectivity index (χ1n) is 28.9. The van der Waals surface area contributed by atoms with E-state index in [1.165, 1.54) is 11.1 Å². The van der Waals surface area contributed by atoms with Crippen LogP contribution in [0.5, 0.6) is 11.5 Å². The summed E-state index contributed by atoms with van der Waals surface area (Å²) >= 11 is 2.52. The Balaban J connectivity index is 0.898. The zero-order valence-corrected chi connectivity index (χ0v) is 49.3. The molecule has 0 fully saturated rings. The summed E-state index contributed by atoms with van der Waals surface area (Å²) in [6, 6.07) is 110. The molecule has 0 aliphatic carbocycles. The Bertz CT molecular complexity index is 4830. The summed E-state index contributed by atoms with van der Waals surface area (Å²) in [6.45, 7) is 2.19. The van der Waals surface area contributed by atoms with Gasteiger partial charge in [-0.05, 0) is 53.4 Å². The number of benzene rings is 12. The molecule has 0 amide bonds. The van der Waals surface area contributed by atoms with E-state index >= 15 is 0 Å². The number of pyridine rings is 1. The van der Waals surface area contributed by atoms with E-state index in [0.717, 1.165) is 122 Å². The molecule has 1 aliphatic rings. The maximum absolute atomic E-state index is 7.20. The van der Waals surface area contributed by atoms with Crippen LogP contribution < -0.4 is 14.5 Å². The van der Waals surface area contributed by atoms with Gasteiger partial charge in [-0.1, -0.05) is 121 Å². The molecule has 0 N–H and O–H groups in total. The number of hydrogen-bond acceptors (Lipinski definition) is 4. The minimum absolute atomic E-state index is 0.677. The van der Waals surface area contributed by atoms with E-state index in [9.17, 15) is 0 Å². The molecule has 14 aromatic rings. The van der Waals surface area contributed by atoms with E-state index in [4.69, 9.17) is 9.72 Å². The minimum atomic E-state index is 0.677. The van der Waals surface area contributed by atoms with E-state index in [1.54, 1.807) is 0 Å². The fraction of sp³-hybridized carbons (Fsp3) is 0.0127. The third-order valence-electron chi connectivity index (χ3n) is 16.3. The molecule has 15 rings (SSSR count). The molecule has 0 saturated carbocycles. The van der Waals surface area contributed by atoms with Crippen LogP contribution in [0.3, 0.4) is 0 Å². The molecule has 12 aromatic carbocycles. The molecule has 7 heteroatoms. The van der Waals surface area contributed by atoms with E-state index in [2.05, 4.69) is 349 Å². The first-order valence-corrected chi connectivity index (χ1v) is 30.1. The van der Waals surface area contributed by atoms with Gasteiger partial charge in [-0.25, -0.2) is 0 Å². The predicted octanol–water partition coefficient (Wildman–Crippen LogP) is 21.3. The Morgan fingerprint density at radius 1 is 0.314 bits per heavy atom. The fourth-order valence-corrected chi connectivity index (χ4v) is 13.4. The summed E-state index contributed by atoms with van der Waals surface area (Å²) in [6.07, 6.45) is 2.03. The topological polar surface area (TPSA) is 38.5 Å². The third kappa shape index (κ3) is 9.47. The fourth-order valence-electron chi connectivity index (χ4n) is 12.4. The summed E-state index contributed by atoms with van der Waals surface area (Å²) < 4.78 is 13.0. The molecule has 0 radical (unpaired) electrons. The second-order valence-electron chi connectivity index (χ2n) is 21.5. The quantitative estimate of drug-likeness (QED) is 0.137. The van der Waals surface area contributed by atoms with E-state index in [-0.39, 0.29) is 0 Å². The Labute approximate surface area is 511 Å². The van der Waals surface area contributed by atoms with Crippen molar-refractivity contribution in [1.82, 2.24) is 14.1 Å². The standard InChI is InChI=1S/C79H55N5O.Pt/c1-55-50-78(80-53-71(55)60-46-44-57(45-47-60)56-24-6-2-7-25-56)84-74-41-19-16-35-68(74)67-34-14-17-39-72(67)83(61-30-12-5-13-31-61)73-40-18-15-36-69(73)70-49-48-64(52-77(70)84)85-63-33-22-32-62(51-63)81-54-82(76-43-21-20-42-75(76)81)79-65(58-26-8-3-9-27-58)37-23-38-66(79)59-28-10-4-11-29-59;/h2-53H,1H3;. The van der Waals surface area contributed by atoms with Gasteiger partial charge in [0.15, 0.2) is 0 Å². The molecule has 412 valence electrons. The molecule has 3 heterocycles. The van der Waals surface area contributed by atoms with Crippen LogP contribution in [0.15, 0.2) is 316 Å². The van der Waals surface area contributed by atoms with Gasteiger partial charge < -0.3 is 4.90 Å². The zero-order valence-electron chi connectivity index (χ0n) is 47.0. The van der Waals surface area contributed by atoms with Gasteiger partial charge in [0.05, 0.1) is 5.69 Å². The molecule has 6 nitrogen and oxygen atoms in total. The number of nitrogens with zero attached hydrogens (tertiary/aromatic N) is 5. The summed E-state index contributed by atoms with van der Waals surface area (Å²) in [7, 11) is 0. The number of imidazole rings is 1. The second kappa shape index (κ2) is 22.5. The molecular weight excluding hydrogens is 1230 g/mol. The Kier molecular flexibility index (Phi) is 13.6. The summed E-state index contributed by atoms with van der Waals surface area (Å²) in [5, 5.41) is 0. The SMILES string of the molecule is Cc1cc(N2c3ccccc3-c3ccccc3N(c3ccccc3)c3ccccc3-c3ccc(Oc4cccc(-n5[c](=[Pt])n(-c6c(-c7ccccc7)cccc6-c6ccccc6)c6ccccc65)c4)cc32)ncc1-c1ccc(-c2ccccc2)cc1. The van der Waals surface area contributed by atoms with Crippen molar-refractivity contribution in [3.8, 4) is 89.6 Å². The average molecular weight is 1290 g/mol. The predicted molar refractivity (Wildman–Crippen MR) is 350 cm³/mol. The normalized spacial score (nSPS) is 11.8.